The van der Waals surface area contributed by atoms with E-state index in [1.165, 1.54) is 9.80 Å². The van der Waals surface area contributed by atoms with Crippen molar-refractivity contribution in [3.05, 3.63) is 65.0 Å². The standard InChI is InChI=1S/C29H38N8O3/c1-29-14-13-22(29)37(23-12-9-19(16-32-23)27(39)35(3)4)17-21(25(29)31-2)24(30)26(38)33-15-18-7-10-20(11-8-18)34-28(40)36(5)6/h7-12,16,22H,13-15,17,30H2,1-6H3,(H,33,38)(H,34,40)/b24-21-,31-25?/t22?,29-/m1/s1. The molecule has 1 unspecified atom stereocenters. The highest BCUT2D eigenvalue weighted by atomic mass is 16.2. The van der Waals surface area contributed by atoms with Crippen LogP contribution in [0.4, 0.5) is 16.3 Å². The summed E-state index contributed by atoms with van der Waals surface area (Å²) in [6.07, 6.45) is 3.49. The SMILES string of the molecule is CN=C1/C(=C(\N)C(=O)NCc2ccc(NC(=O)N(C)C)cc2)CN(c2ccc(C(=O)N(C)C)cn2)C2CC[C@@]12C. The largest absolute Gasteiger partial charge is 0.394 e. The van der Waals surface area contributed by atoms with Crippen LogP contribution in [0.3, 0.4) is 0 Å². The number of urea groups is 1. The van der Waals surface area contributed by atoms with Crippen LogP contribution in [0.15, 0.2) is 58.9 Å². The predicted molar refractivity (Wildman–Crippen MR) is 156 cm³/mol. The average Bonchev–Trinajstić information content (AvgIpc) is 2.93. The lowest BCUT2D eigenvalue weighted by atomic mass is 9.58. The van der Waals surface area contributed by atoms with Gasteiger partial charge in [-0.2, -0.15) is 0 Å². The molecule has 1 aromatic carbocycles. The minimum atomic E-state index is -0.373. The summed E-state index contributed by atoms with van der Waals surface area (Å²) in [5.74, 6) is 0.247. The van der Waals surface area contributed by atoms with Gasteiger partial charge in [-0.25, -0.2) is 9.78 Å². The zero-order chi connectivity index (χ0) is 29.2. The van der Waals surface area contributed by atoms with Crippen molar-refractivity contribution in [1.82, 2.24) is 20.1 Å². The molecule has 0 bridgehead atoms. The summed E-state index contributed by atoms with van der Waals surface area (Å²) in [4.78, 5) is 51.7. The Kier molecular flexibility index (Phi) is 8.13. The number of hydrogen-bond acceptors (Lipinski definition) is 7. The monoisotopic (exact) mass is 546 g/mol. The number of aromatic nitrogens is 1. The number of carbonyl (C=O) groups is 3. The smallest absolute Gasteiger partial charge is 0.321 e. The Labute approximate surface area is 235 Å². The molecular formula is C29H38N8O3. The molecule has 1 saturated heterocycles. The molecule has 11 heteroatoms. The van der Waals surface area contributed by atoms with Crippen molar-refractivity contribution in [2.75, 3.05) is 52.0 Å². The van der Waals surface area contributed by atoms with Crippen LogP contribution in [0.25, 0.3) is 0 Å². The Morgan fingerprint density at radius 2 is 1.80 bits per heavy atom. The van der Waals surface area contributed by atoms with Crippen LogP contribution in [0, 0.1) is 5.41 Å². The number of anilines is 2. The summed E-state index contributed by atoms with van der Waals surface area (Å²) in [6.45, 7) is 2.82. The first-order valence-electron chi connectivity index (χ1n) is 13.2. The third-order valence-electron chi connectivity index (χ3n) is 7.76. The zero-order valence-electron chi connectivity index (χ0n) is 24.0. The van der Waals surface area contributed by atoms with Crippen LogP contribution in [-0.2, 0) is 11.3 Å². The highest BCUT2D eigenvalue weighted by molar-refractivity contribution is 6.12. The van der Waals surface area contributed by atoms with Crippen molar-refractivity contribution in [3.63, 3.8) is 0 Å². The first-order valence-corrected chi connectivity index (χ1v) is 13.2. The van der Waals surface area contributed by atoms with Crippen LogP contribution in [0.1, 0.15) is 35.7 Å². The van der Waals surface area contributed by atoms with E-state index >= 15 is 0 Å². The summed E-state index contributed by atoms with van der Waals surface area (Å²) in [6, 6.07) is 10.8. The van der Waals surface area contributed by atoms with Gasteiger partial charge < -0.3 is 31.1 Å². The Morgan fingerprint density at radius 1 is 1.10 bits per heavy atom. The lowest BCUT2D eigenvalue weighted by Gasteiger charge is -2.57. The summed E-state index contributed by atoms with van der Waals surface area (Å²) in [5.41, 5.74) is 9.95. The fourth-order valence-electron chi connectivity index (χ4n) is 5.32. The lowest BCUT2D eigenvalue weighted by Crippen LogP contribution is -2.64. The van der Waals surface area contributed by atoms with Crippen molar-refractivity contribution in [2.45, 2.75) is 32.4 Å². The van der Waals surface area contributed by atoms with Crippen LogP contribution < -0.4 is 21.3 Å². The van der Waals surface area contributed by atoms with E-state index in [1.807, 2.05) is 18.2 Å². The van der Waals surface area contributed by atoms with Crippen molar-refractivity contribution >= 4 is 35.1 Å². The molecule has 4 N–H and O–H groups in total. The summed E-state index contributed by atoms with van der Waals surface area (Å²) in [5, 5.41) is 5.70. The number of nitrogens with zero attached hydrogens (tertiary/aromatic N) is 5. The second kappa shape index (κ2) is 11.4. The molecule has 0 radical (unpaired) electrons. The Hall–Kier alpha value is -4.41. The van der Waals surface area contributed by atoms with Crippen molar-refractivity contribution in [2.24, 2.45) is 16.1 Å². The predicted octanol–water partition coefficient (Wildman–Crippen LogP) is 2.47. The number of fused-ring (bicyclic) bond motifs is 1. The summed E-state index contributed by atoms with van der Waals surface area (Å²) in [7, 11) is 8.50. The molecule has 1 saturated carbocycles. The molecule has 2 heterocycles. The number of benzene rings is 1. The Bertz CT molecular complexity index is 1350. The Balaban J connectivity index is 1.52. The van der Waals surface area contributed by atoms with E-state index in [2.05, 4.69) is 32.4 Å². The Morgan fingerprint density at radius 3 is 2.33 bits per heavy atom. The molecule has 212 valence electrons. The molecule has 4 amide bonds. The van der Waals surface area contributed by atoms with E-state index in [0.717, 1.165) is 29.9 Å². The fraction of sp³-hybridized carbons (Fsp3) is 0.414. The van der Waals surface area contributed by atoms with Crippen molar-refractivity contribution < 1.29 is 14.4 Å². The van der Waals surface area contributed by atoms with Crippen LogP contribution in [0.2, 0.25) is 0 Å². The van der Waals surface area contributed by atoms with Gasteiger partial charge in [0.15, 0.2) is 0 Å². The molecule has 0 spiro atoms. The topological polar surface area (TPSA) is 136 Å². The van der Waals surface area contributed by atoms with Crippen LogP contribution >= 0.6 is 0 Å². The number of nitrogens with two attached hydrogens (primary N) is 1. The highest BCUT2D eigenvalue weighted by Crippen LogP contribution is 2.51. The van der Waals surface area contributed by atoms with Gasteiger partial charge in [-0.3, -0.25) is 14.6 Å². The second-order valence-electron chi connectivity index (χ2n) is 10.9. The number of piperidine rings is 1. The molecule has 1 aromatic heterocycles. The van der Waals surface area contributed by atoms with E-state index in [-0.39, 0.29) is 41.5 Å². The number of rotatable bonds is 6. The van der Waals surface area contributed by atoms with Crippen molar-refractivity contribution in [3.8, 4) is 0 Å². The second-order valence-corrected chi connectivity index (χ2v) is 10.9. The first-order chi connectivity index (χ1) is 19.0. The third kappa shape index (κ3) is 5.49. The van der Waals surface area contributed by atoms with Gasteiger partial charge in [0.05, 0.1) is 5.56 Å². The van der Waals surface area contributed by atoms with Gasteiger partial charge in [0.25, 0.3) is 11.8 Å². The molecule has 1 aliphatic carbocycles. The molecule has 1 aliphatic heterocycles. The zero-order valence-corrected chi connectivity index (χ0v) is 24.0. The highest BCUT2D eigenvalue weighted by Gasteiger charge is 2.54. The van der Waals surface area contributed by atoms with E-state index in [0.29, 0.717) is 23.4 Å². The van der Waals surface area contributed by atoms with Crippen molar-refractivity contribution in [1.29, 1.82) is 0 Å². The molecule has 2 aromatic rings. The van der Waals surface area contributed by atoms with E-state index in [9.17, 15) is 14.4 Å². The number of pyridine rings is 1. The minimum Gasteiger partial charge on any atom is -0.394 e. The average molecular weight is 547 g/mol. The van der Waals surface area contributed by atoms with E-state index < -0.39 is 0 Å². The molecule has 2 atom stereocenters. The maximum absolute atomic E-state index is 13.2. The maximum Gasteiger partial charge on any atom is 0.321 e. The summed E-state index contributed by atoms with van der Waals surface area (Å²) >= 11 is 0. The number of nitrogens with one attached hydrogen (secondary N) is 2. The van der Waals surface area contributed by atoms with Crippen LogP contribution in [-0.4, -0.2) is 86.2 Å². The minimum absolute atomic E-state index is 0.110. The van der Waals surface area contributed by atoms with Gasteiger partial charge >= 0.3 is 6.03 Å². The van der Waals surface area contributed by atoms with Gasteiger partial charge in [-0.1, -0.05) is 19.1 Å². The quantitative estimate of drug-likeness (QED) is 0.476. The molecule has 4 rings (SSSR count). The number of amides is 4. The first kappa shape index (κ1) is 28.6. The number of carbonyl (C=O) groups excluding carboxylic acids is 3. The van der Waals surface area contributed by atoms with Gasteiger partial charge in [-0.15, -0.1) is 0 Å². The maximum atomic E-state index is 13.2. The van der Waals surface area contributed by atoms with Gasteiger partial charge in [-0.05, 0) is 42.7 Å². The summed E-state index contributed by atoms with van der Waals surface area (Å²) < 4.78 is 0. The number of hydrogen-bond donors (Lipinski definition) is 3. The van der Waals surface area contributed by atoms with Gasteiger partial charge in [0, 0.05) is 83.0 Å². The normalized spacial score (nSPS) is 22.1. The molecule has 11 nitrogen and oxygen atoms in total. The van der Waals surface area contributed by atoms with Gasteiger partial charge in [0.1, 0.15) is 11.5 Å². The molecule has 2 fully saturated rings. The van der Waals surface area contributed by atoms with E-state index in [1.54, 1.807) is 59.6 Å². The molecular weight excluding hydrogens is 508 g/mol. The van der Waals surface area contributed by atoms with E-state index in [4.69, 9.17) is 5.73 Å². The van der Waals surface area contributed by atoms with Crippen LogP contribution in [0.5, 0.6) is 0 Å². The molecule has 2 aliphatic rings. The fourth-order valence-corrected chi connectivity index (χ4v) is 5.32. The molecule has 40 heavy (non-hydrogen) atoms. The third-order valence-corrected chi connectivity index (χ3v) is 7.76. The van der Waals surface area contributed by atoms with Gasteiger partial charge in [0.2, 0.25) is 0 Å². The lowest BCUT2D eigenvalue weighted by molar-refractivity contribution is -0.117. The number of aliphatic imine (C=N–C) groups is 1.